The number of fused-ring (bicyclic) bond motifs is 1. The van der Waals surface area contributed by atoms with Crippen LogP contribution in [0.15, 0.2) is 18.2 Å². The minimum Gasteiger partial charge on any atom is -0.467 e. The molecule has 1 aromatic rings. The summed E-state index contributed by atoms with van der Waals surface area (Å²) >= 11 is 6.16. The second-order valence-corrected chi connectivity index (χ2v) is 6.63. The quantitative estimate of drug-likeness (QED) is 0.773. The van der Waals surface area contributed by atoms with Crippen molar-refractivity contribution < 1.29 is 9.53 Å². The van der Waals surface area contributed by atoms with Crippen LogP contribution in [-0.2, 0) is 9.53 Å². The Morgan fingerprint density at radius 3 is 2.75 bits per heavy atom. The monoisotopic (exact) mass is 295 g/mol. The number of esters is 1. The first-order valence-corrected chi connectivity index (χ1v) is 7.32. The van der Waals surface area contributed by atoms with Gasteiger partial charge >= 0.3 is 5.97 Å². The van der Waals surface area contributed by atoms with Crippen LogP contribution in [0.5, 0.6) is 0 Å². The van der Waals surface area contributed by atoms with Crippen LogP contribution < -0.4 is 4.90 Å². The van der Waals surface area contributed by atoms with Gasteiger partial charge in [0.05, 0.1) is 7.11 Å². The fraction of sp³-hybridized carbons (Fsp3) is 0.562. The molecule has 0 fully saturated rings. The Bertz CT molecular complexity index is 527. The molecule has 1 aromatic carbocycles. The lowest BCUT2D eigenvalue weighted by Gasteiger charge is -2.49. The largest absolute Gasteiger partial charge is 0.467 e. The van der Waals surface area contributed by atoms with Crippen molar-refractivity contribution in [3.8, 4) is 0 Å². The van der Waals surface area contributed by atoms with Gasteiger partial charge in [-0.3, -0.25) is 0 Å². The molecule has 0 amide bonds. The van der Waals surface area contributed by atoms with E-state index in [0.717, 1.165) is 12.1 Å². The highest BCUT2D eigenvalue weighted by molar-refractivity contribution is 6.30. The number of anilines is 1. The Morgan fingerprint density at radius 2 is 2.15 bits per heavy atom. The normalized spacial score (nSPS) is 22.1. The van der Waals surface area contributed by atoms with Gasteiger partial charge in [0, 0.05) is 16.2 Å². The first kappa shape index (κ1) is 15.2. The first-order valence-electron chi connectivity index (χ1n) is 6.94. The Hall–Kier alpha value is -1.22. The van der Waals surface area contributed by atoms with E-state index in [1.165, 1.54) is 12.7 Å². The summed E-state index contributed by atoms with van der Waals surface area (Å²) in [5, 5.41) is 0.690. The highest BCUT2D eigenvalue weighted by atomic mass is 35.5. The molecule has 0 unspecified atom stereocenters. The van der Waals surface area contributed by atoms with E-state index in [1.807, 2.05) is 19.1 Å². The van der Waals surface area contributed by atoms with Gasteiger partial charge in [-0.2, -0.15) is 0 Å². The standard InChI is InChI=1S/C16H22ClNO2/c1-10-9-16(3,4)18(11(2)15(19)20-5)14-8-12(17)6-7-13(10)14/h6-8,10-11H,9H2,1-5H3/t10-,11+/m1/s1. The number of benzene rings is 1. The summed E-state index contributed by atoms with van der Waals surface area (Å²) in [5.41, 5.74) is 2.16. The van der Waals surface area contributed by atoms with Crippen LogP contribution in [0.3, 0.4) is 0 Å². The molecule has 1 aliphatic heterocycles. The van der Waals surface area contributed by atoms with Crippen LogP contribution >= 0.6 is 11.6 Å². The predicted molar refractivity (Wildman–Crippen MR) is 82.5 cm³/mol. The van der Waals surface area contributed by atoms with E-state index in [4.69, 9.17) is 16.3 Å². The Morgan fingerprint density at radius 1 is 1.50 bits per heavy atom. The second kappa shape index (κ2) is 5.28. The molecule has 1 heterocycles. The fourth-order valence-corrected chi connectivity index (χ4v) is 3.60. The molecule has 0 N–H and O–H groups in total. The summed E-state index contributed by atoms with van der Waals surface area (Å²) in [6.07, 6.45) is 0.989. The van der Waals surface area contributed by atoms with Gasteiger partial charge in [0.2, 0.25) is 0 Å². The summed E-state index contributed by atoms with van der Waals surface area (Å²) in [6.45, 7) is 8.42. The van der Waals surface area contributed by atoms with Gasteiger partial charge in [-0.15, -0.1) is 0 Å². The molecule has 0 aliphatic carbocycles. The van der Waals surface area contributed by atoms with E-state index in [0.29, 0.717) is 10.9 Å². The van der Waals surface area contributed by atoms with Crippen molar-refractivity contribution in [2.24, 2.45) is 0 Å². The van der Waals surface area contributed by atoms with Crippen molar-refractivity contribution in [1.29, 1.82) is 0 Å². The summed E-state index contributed by atoms with van der Waals surface area (Å²) in [7, 11) is 1.43. The van der Waals surface area contributed by atoms with Crippen LogP contribution in [0.4, 0.5) is 5.69 Å². The van der Waals surface area contributed by atoms with Crippen molar-refractivity contribution in [2.75, 3.05) is 12.0 Å². The van der Waals surface area contributed by atoms with Gasteiger partial charge in [0.1, 0.15) is 6.04 Å². The molecule has 0 aromatic heterocycles. The topological polar surface area (TPSA) is 29.5 Å². The molecule has 4 heteroatoms. The van der Waals surface area contributed by atoms with Gasteiger partial charge in [-0.05, 0) is 50.8 Å². The molecule has 20 heavy (non-hydrogen) atoms. The van der Waals surface area contributed by atoms with Crippen LogP contribution in [0, 0.1) is 0 Å². The average Bonchev–Trinajstić information content (AvgIpc) is 2.35. The van der Waals surface area contributed by atoms with Gasteiger partial charge in [-0.1, -0.05) is 24.6 Å². The Labute approximate surface area is 125 Å². The van der Waals surface area contributed by atoms with Crippen LogP contribution in [0.1, 0.15) is 45.6 Å². The molecule has 110 valence electrons. The van der Waals surface area contributed by atoms with E-state index >= 15 is 0 Å². The number of halogens is 1. The molecule has 2 atom stereocenters. The van der Waals surface area contributed by atoms with E-state index < -0.39 is 0 Å². The van der Waals surface area contributed by atoms with E-state index in [9.17, 15) is 4.79 Å². The molecular formula is C16H22ClNO2. The SMILES string of the molecule is COC(=O)[C@H](C)N1c2cc(Cl)ccc2[C@H](C)CC1(C)C. The van der Waals surface area contributed by atoms with Crippen molar-refractivity contribution in [1.82, 2.24) is 0 Å². The molecular weight excluding hydrogens is 274 g/mol. The third-order valence-electron chi connectivity index (χ3n) is 4.17. The lowest BCUT2D eigenvalue weighted by atomic mass is 9.79. The Kier molecular flexibility index (Phi) is 4.01. The van der Waals surface area contributed by atoms with Crippen molar-refractivity contribution in [2.45, 2.75) is 51.6 Å². The first-order chi connectivity index (χ1) is 9.27. The number of nitrogens with zero attached hydrogens (tertiary/aromatic N) is 1. The highest BCUT2D eigenvalue weighted by Gasteiger charge is 2.41. The van der Waals surface area contributed by atoms with Crippen LogP contribution in [-0.4, -0.2) is 24.7 Å². The molecule has 0 saturated heterocycles. The number of methoxy groups -OCH3 is 1. The summed E-state index contributed by atoms with van der Waals surface area (Å²) < 4.78 is 4.92. The third kappa shape index (κ3) is 2.51. The summed E-state index contributed by atoms with van der Waals surface area (Å²) in [6, 6.07) is 5.60. The molecule has 0 bridgehead atoms. The minimum atomic E-state index is -0.334. The summed E-state index contributed by atoms with van der Waals surface area (Å²) in [5.74, 6) is 0.219. The maximum atomic E-state index is 12.0. The predicted octanol–water partition coefficient (Wildman–Crippen LogP) is 3.99. The number of carbonyl (C=O) groups is 1. The van der Waals surface area contributed by atoms with Crippen LogP contribution in [0.25, 0.3) is 0 Å². The molecule has 0 saturated carbocycles. The highest BCUT2D eigenvalue weighted by Crippen LogP contribution is 2.45. The van der Waals surface area contributed by atoms with Crippen LogP contribution in [0.2, 0.25) is 5.02 Å². The molecule has 1 aliphatic rings. The minimum absolute atomic E-state index is 0.120. The van der Waals surface area contributed by atoms with E-state index in [2.05, 4.69) is 31.7 Å². The average molecular weight is 296 g/mol. The van der Waals surface area contributed by atoms with E-state index in [-0.39, 0.29) is 17.6 Å². The number of ether oxygens (including phenoxy) is 1. The van der Waals surface area contributed by atoms with Crippen molar-refractivity contribution in [3.05, 3.63) is 28.8 Å². The van der Waals surface area contributed by atoms with Gasteiger partial charge in [-0.25, -0.2) is 4.79 Å². The van der Waals surface area contributed by atoms with Gasteiger partial charge < -0.3 is 9.64 Å². The van der Waals surface area contributed by atoms with E-state index in [1.54, 1.807) is 0 Å². The number of hydrogen-bond donors (Lipinski definition) is 0. The zero-order valence-corrected chi connectivity index (χ0v) is 13.5. The maximum Gasteiger partial charge on any atom is 0.328 e. The van der Waals surface area contributed by atoms with Crippen molar-refractivity contribution >= 4 is 23.3 Å². The number of carbonyl (C=O) groups excluding carboxylic acids is 1. The third-order valence-corrected chi connectivity index (χ3v) is 4.41. The summed E-state index contributed by atoms with van der Waals surface area (Å²) in [4.78, 5) is 14.1. The fourth-order valence-electron chi connectivity index (χ4n) is 3.43. The maximum absolute atomic E-state index is 12.0. The molecule has 0 radical (unpaired) electrons. The molecule has 2 rings (SSSR count). The lowest BCUT2D eigenvalue weighted by molar-refractivity contribution is -0.142. The van der Waals surface area contributed by atoms with Gasteiger partial charge in [0.25, 0.3) is 0 Å². The van der Waals surface area contributed by atoms with Gasteiger partial charge in [0.15, 0.2) is 0 Å². The molecule has 0 spiro atoms. The molecule has 3 nitrogen and oxygen atoms in total. The smallest absolute Gasteiger partial charge is 0.328 e. The zero-order valence-electron chi connectivity index (χ0n) is 12.7. The Balaban J connectivity index is 2.56. The lowest BCUT2D eigenvalue weighted by Crippen LogP contribution is -2.55. The number of hydrogen-bond acceptors (Lipinski definition) is 3. The number of rotatable bonds is 2. The van der Waals surface area contributed by atoms with Crippen molar-refractivity contribution in [3.63, 3.8) is 0 Å². The second-order valence-electron chi connectivity index (χ2n) is 6.19. The zero-order chi connectivity index (χ0) is 15.1.